The number of hydrogen-bond acceptors (Lipinski definition) is 4. The molecule has 1 aromatic carbocycles. The summed E-state index contributed by atoms with van der Waals surface area (Å²) in [5.41, 5.74) is 3.03. The molecule has 1 aromatic heterocycles. The molecule has 0 radical (unpaired) electrons. The molecule has 1 aliphatic rings. The third-order valence-corrected chi connectivity index (χ3v) is 6.41. The van der Waals surface area contributed by atoms with Gasteiger partial charge in [-0.3, -0.25) is 4.98 Å². The van der Waals surface area contributed by atoms with E-state index in [0.29, 0.717) is 5.92 Å². The van der Waals surface area contributed by atoms with Gasteiger partial charge in [0.15, 0.2) is 6.29 Å². The molecule has 0 spiro atoms. The molecule has 0 unspecified atom stereocenters. The van der Waals surface area contributed by atoms with E-state index < -0.39 is 0 Å². The largest absolute Gasteiger partial charge is 0.494 e. The second-order valence-electron chi connectivity index (χ2n) is 9.33. The first-order valence-corrected chi connectivity index (χ1v) is 13.2. The summed E-state index contributed by atoms with van der Waals surface area (Å²) in [4.78, 5) is 4.65. The van der Waals surface area contributed by atoms with E-state index in [1.165, 1.54) is 64.2 Å². The van der Waals surface area contributed by atoms with E-state index in [9.17, 15) is 0 Å². The van der Waals surface area contributed by atoms with Crippen LogP contribution in [0.3, 0.4) is 0 Å². The highest BCUT2D eigenvalue weighted by Crippen LogP contribution is 2.28. The summed E-state index contributed by atoms with van der Waals surface area (Å²) in [6.45, 7) is 6.84. The van der Waals surface area contributed by atoms with E-state index >= 15 is 0 Å². The Morgan fingerprint density at radius 3 is 2.09 bits per heavy atom. The van der Waals surface area contributed by atoms with Crippen LogP contribution in [0.25, 0.3) is 11.3 Å². The van der Waals surface area contributed by atoms with Gasteiger partial charge in [-0.25, -0.2) is 0 Å². The molecular weight excluding hydrogens is 410 g/mol. The lowest BCUT2D eigenvalue weighted by molar-refractivity contribution is -0.206. The molecule has 3 rings (SSSR count). The fourth-order valence-corrected chi connectivity index (χ4v) is 4.27. The summed E-state index contributed by atoms with van der Waals surface area (Å²) >= 11 is 0. The van der Waals surface area contributed by atoms with Crippen LogP contribution < -0.4 is 4.74 Å². The van der Waals surface area contributed by atoms with Crippen molar-refractivity contribution in [1.29, 1.82) is 0 Å². The van der Waals surface area contributed by atoms with Crippen molar-refractivity contribution < 1.29 is 14.2 Å². The summed E-state index contributed by atoms with van der Waals surface area (Å²) in [6.07, 6.45) is 15.6. The minimum Gasteiger partial charge on any atom is -0.494 e. The van der Waals surface area contributed by atoms with E-state index in [-0.39, 0.29) is 6.29 Å². The summed E-state index contributed by atoms with van der Waals surface area (Å²) in [5.74, 6) is 1.45. The molecule has 2 aromatic rings. The van der Waals surface area contributed by atoms with Crippen LogP contribution in [0.1, 0.15) is 96.3 Å². The summed E-state index contributed by atoms with van der Waals surface area (Å²) in [5, 5.41) is 0. The molecule has 182 valence electrons. The highest BCUT2D eigenvalue weighted by molar-refractivity contribution is 5.60. The Kier molecular flexibility index (Phi) is 11.7. The Balaban J connectivity index is 1.39. The lowest BCUT2D eigenvalue weighted by Gasteiger charge is -2.29. The minimum atomic E-state index is -0.295. The van der Waals surface area contributed by atoms with Crippen LogP contribution in [-0.2, 0) is 9.47 Å². The third-order valence-electron chi connectivity index (χ3n) is 6.41. The average molecular weight is 454 g/mol. The lowest BCUT2D eigenvalue weighted by Crippen LogP contribution is -2.27. The molecular formula is C29H43NO3. The van der Waals surface area contributed by atoms with Gasteiger partial charge in [-0.05, 0) is 43.2 Å². The van der Waals surface area contributed by atoms with Crippen LogP contribution in [0, 0.1) is 5.92 Å². The van der Waals surface area contributed by atoms with Crippen LogP contribution in [-0.4, -0.2) is 24.8 Å². The maximum Gasteiger partial charge on any atom is 0.185 e. The van der Waals surface area contributed by atoms with Gasteiger partial charge < -0.3 is 14.2 Å². The van der Waals surface area contributed by atoms with E-state index in [1.807, 2.05) is 24.4 Å². The number of pyridine rings is 1. The van der Waals surface area contributed by atoms with Gasteiger partial charge in [0.1, 0.15) is 5.75 Å². The maximum absolute atomic E-state index is 6.01. The predicted octanol–water partition coefficient (Wildman–Crippen LogP) is 8.12. The first-order valence-electron chi connectivity index (χ1n) is 13.2. The topological polar surface area (TPSA) is 40.6 Å². The van der Waals surface area contributed by atoms with Gasteiger partial charge in [0, 0.05) is 23.2 Å². The van der Waals surface area contributed by atoms with Gasteiger partial charge in [-0.2, -0.15) is 0 Å². The maximum atomic E-state index is 6.01. The molecule has 1 fully saturated rings. The van der Waals surface area contributed by atoms with E-state index in [1.54, 1.807) is 0 Å². The molecule has 0 atom stereocenters. The van der Waals surface area contributed by atoms with Gasteiger partial charge in [-0.15, -0.1) is 0 Å². The fourth-order valence-electron chi connectivity index (χ4n) is 4.27. The van der Waals surface area contributed by atoms with Gasteiger partial charge >= 0.3 is 0 Å². The molecule has 4 heteroatoms. The molecule has 33 heavy (non-hydrogen) atoms. The van der Waals surface area contributed by atoms with E-state index in [2.05, 4.69) is 37.0 Å². The van der Waals surface area contributed by atoms with Gasteiger partial charge in [0.2, 0.25) is 0 Å². The molecule has 0 aliphatic carbocycles. The van der Waals surface area contributed by atoms with Crippen LogP contribution in [0.15, 0.2) is 42.6 Å². The van der Waals surface area contributed by atoms with Crippen LogP contribution >= 0.6 is 0 Å². The van der Waals surface area contributed by atoms with Crippen molar-refractivity contribution >= 4 is 0 Å². The van der Waals surface area contributed by atoms with Gasteiger partial charge in [0.25, 0.3) is 0 Å². The molecule has 1 saturated heterocycles. The minimum absolute atomic E-state index is 0.295. The highest BCUT2D eigenvalue weighted by Gasteiger charge is 2.23. The number of hydrogen-bond donors (Lipinski definition) is 0. The second-order valence-corrected chi connectivity index (χ2v) is 9.33. The van der Waals surface area contributed by atoms with Crippen LogP contribution in [0.4, 0.5) is 0 Å². The molecule has 4 nitrogen and oxygen atoms in total. The highest BCUT2D eigenvalue weighted by atomic mass is 16.7. The Hall–Kier alpha value is -1.91. The van der Waals surface area contributed by atoms with E-state index in [4.69, 9.17) is 14.2 Å². The number of aromatic nitrogens is 1. The molecule has 0 saturated carbocycles. The zero-order chi connectivity index (χ0) is 23.1. The van der Waals surface area contributed by atoms with Gasteiger partial charge in [0.05, 0.1) is 25.5 Å². The number of benzene rings is 1. The predicted molar refractivity (Wildman–Crippen MR) is 135 cm³/mol. The van der Waals surface area contributed by atoms with Crippen molar-refractivity contribution in [3.8, 4) is 17.0 Å². The normalized spacial score (nSPS) is 18.4. The Morgan fingerprint density at radius 1 is 0.788 bits per heavy atom. The zero-order valence-electron chi connectivity index (χ0n) is 20.8. The molecule has 0 amide bonds. The molecule has 0 bridgehead atoms. The van der Waals surface area contributed by atoms with Gasteiger partial charge in [-0.1, -0.05) is 77.7 Å². The quantitative estimate of drug-likeness (QED) is 0.255. The van der Waals surface area contributed by atoms with Crippen molar-refractivity contribution in [3.63, 3.8) is 0 Å². The number of ether oxygens (including phenoxy) is 3. The van der Waals surface area contributed by atoms with Crippen LogP contribution in [0.2, 0.25) is 0 Å². The standard InChI is InChI=1S/C29H43NO3/c1-3-5-7-9-11-13-24-22-32-29(33-23-24)26-16-19-28(30-21-26)25-14-17-27(18-15-25)31-20-12-10-8-6-4-2/h14-19,21,24,29H,3-13,20,22-23H2,1-2H3/t24-,29-. The van der Waals surface area contributed by atoms with E-state index in [0.717, 1.165) is 48.8 Å². The van der Waals surface area contributed by atoms with Crippen molar-refractivity contribution in [2.45, 2.75) is 90.8 Å². The summed E-state index contributed by atoms with van der Waals surface area (Å²) in [7, 11) is 0. The first-order chi connectivity index (χ1) is 16.3. The number of rotatable bonds is 15. The first kappa shape index (κ1) is 25.7. The molecule has 0 N–H and O–H groups in total. The molecule has 1 aliphatic heterocycles. The fraction of sp³-hybridized carbons (Fsp3) is 0.621. The third kappa shape index (κ3) is 9.10. The van der Waals surface area contributed by atoms with Crippen LogP contribution in [0.5, 0.6) is 5.75 Å². The van der Waals surface area contributed by atoms with Crippen molar-refractivity contribution in [2.75, 3.05) is 19.8 Å². The Morgan fingerprint density at radius 2 is 1.45 bits per heavy atom. The lowest BCUT2D eigenvalue weighted by atomic mass is 10.0. The Bertz CT molecular complexity index is 751. The second kappa shape index (κ2) is 15.1. The zero-order valence-corrected chi connectivity index (χ0v) is 20.8. The monoisotopic (exact) mass is 453 g/mol. The summed E-state index contributed by atoms with van der Waals surface area (Å²) in [6, 6.07) is 12.3. The van der Waals surface area contributed by atoms with Crippen molar-refractivity contribution in [3.05, 3.63) is 48.2 Å². The average Bonchev–Trinajstić information content (AvgIpc) is 2.87. The van der Waals surface area contributed by atoms with Crippen molar-refractivity contribution in [1.82, 2.24) is 4.98 Å². The Labute approximate surface area is 201 Å². The SMILES string of the molecule is CCCCCCCOc1ccc(-c2ccc([C@H]3OC[C@H](CCCCCCC)CO3)cn2)cc1. The number of unbranched alkanes of at least 4 members (excludes halogenated alkanes) is 8. The smallest absolute Gasteiger partial charge is 0.185 e. The summed E-state index contributed by atoms with van der Waals surface area (Å²) < 4.78 is 17.9. The number of nitrogens with zero attached hydrogens (tertiary/aromatic N) is 1. The molecule has 2 heterocycles. The van der Waals surface area contributed by atoms with Crippen molar-refractivity contribution in [2.24, 2.45) is 5.92 Å².